The van der Waals surface area contributed by atoms with Gasteiger partial charge < -0.3 is 14.8 Å². The van der Waals surface area contributed by atoms with Crippen LogP contribution in [-0.4, -0.2) is 20.3 Å². The van der Waals surface area contributed by atoms with E-state index in [1.807, 2.05) is 19.2 Å². The van der Waals surface area contributed by atoms with Crippen LogP contribution >= 0.6 is 11.6 Å². The minimum atomic E-state index is 0.273. The predicted molar refractivity (Wildman–Crippen MR) is 87.6 cm³/mol. The van der Waals surface area contributed by atoms with Gasteiger partial charge in [0, 0.05) is 17.1 Å². The van der Waals surface area contributed by atoms with Crippen molar-refractivity contribution in [3.05, 3.63) is 22.7 Å². The Kier molecular flexibility index (Phi) is 6.65. The van der Waals surface area contributed by atoms with E-state index in [1.165, 1.54) is 32.1 Å². The van der Waals surface area contributed by atoms with E-state index in [2.05, 4.69) is 12.2 Å². The lowest BCUT2D eigenvalue weighted by Gasteiger charge is -2.23. The molecule has 1 aliphatic heterocycles. The van der Waals surface area contributed by atoms with Gasteiger partial charge in [-0.05, 0) is 25.1 Å². The maximum atomic E-state index is 6.42. The molecule has 1 N–H and O–H groups in total. The van der Waals surface area contributed by atoms with Crippen LogP contribution in [0.5, 0.6) is 11.5 Å². The molecule has 0 amide bonds. The van der Waals surface area contributed by atoms with Crippen LogP contribution in [0.2, 0.25) is 5.02 Å². The Morgan fingerprint density at radius 3 is 2.43 bits per heavy atom. The molecule has 2 rings (SSSR count). The highest BCUT2D eigenvalue weighted by Crippen LogP contribution is 2.38. The summed E-state index contributed by atoms with van der Waals surface area (Å²) in [4.78, 5) is 0. The van der Waals surface area contributed by atoms with Crippen LogP contribution in [0.15, 0.2) is 12.1 Å². The van der Waals surface area contributed by atoms with E-state index in [-0.39, 0.29) is 6.04 Å². The Balaban J connectivity index is 2.00. The second kappa shape index (κ2) is 8.50. The lowest BCUT2D eigenvalue weighted by atomic mass is 9.99. The van der Waals surface area contributed by atoms with E-state index in [9.17, 15) is 0 Å². The number of hydrogen-bond donors (Lipinski definition) is 1. The van der Waals surface area contributed by atoms with Crippen molar-refractivity contribution in [2.75, 3.05) is 20.3 Å². The molecule has 21 heavy (non-hydrogen) atoms. The van der Waals surface area contributed by atoms with Gasteiger partial charge in [0.05, 0.1) is 0 Å². The molecule has 1 heterocycles. The molecule has 0 bridgehead atoms. The molecular weight excluding hydrogens is 286 g/mol. The Hall–Kier alpha value is -0.930. The molecule has 4 heteroatoms. The summed E-state index contributed by atoms with van der Waals surface area (Å²) in [6, 6.07) is 4.19. The number of hydrogen-bond acceptors (Lipinski definition) is 3. The van der Waals surface area contributed by atoms with Crippen molar-refractivity contribution in [2.24, 2.45) is 0 Å². The molecule has 1 aliphatic rings. The third-order valence-electron chi connectivity index (χ3n) is 3.98. The highest BCUT2D eigenvalue weighted by molar-refractivity contribution is 6.31. The van der Waals surface area contributed by atoms with Gasteiger partial charge >= 0.3 is 0 Å². The van der Waals surface area contributed by atoms with Gasteiger partial charge in [0.1, 0.15) is 13.2 Å². The van der Waals surface area contributed by atoms with Crippen LogP contribution in [0.3, 0.4) is 0 Å². The summed E-state index contributed by atoms with van der Waals surface area (Å²) in [5.41, 5.74) is 1.11. The molecule has 1 unspecified atom stereocenters. The van der Waals surface area contributed by atoms with E-state index >= 15 is 0 Å². The van der Waals surface area contributed by atoms with Gasteiger partial charge in [-0.25, -0.2) is 0 Å². The summed E-state index contributed by atoms with van der Waals surface area (Å²) in [6.45, 7) is 3.44. The molecule has 118 valence electrons. The first-order valence-corrected chi connectivity index (χ1v) is 8.40. The maximum absolute atomic E-state index is 6.42. The average molecular weight is 312 g/mol. The zero-order valence-corrected chi connectivity index (χ0v) is 13.8. The SMILES string of the molecule is CCCCCCCC(NC)c1cc2c(cc1Cl)OCCO2. The summed E-state index contributed by atoms with van der Waals surface area (Å²) in [7, 11) is 1.99. The van der Waals surface area contributed by atoms with Gasteiger partial charge in [-0.15, -0.1) is 0 Å². The van der Waals surface area contributed by atoms with E-state index in [0.717, 1.165) is 28.5 Å². The minimum absolute atomic E-state index is 0.273. The molecule has 1 atom stereocenters. The topological polar surface area (TPSA) is 30.5 Å². The summed E-state index contributed by atoms with van der Waals surface area (Å²) in [5.74, 6) is 1.57. The van der Waals surface area contributed by atoms with Crippen LogP contribution in [-0.2, 0) is 0 Å². The van der Waals surface area contributed by atoms with Gasteiger partial charge in [0.15, 0.2) is 11.5 Å². The summed E-state index contributed by atoms with van der Waals surface area (Å²) >= 11 is 6.42. The highest BCUT2D eigenvalue weighted by Gasteiger charge is 2.19. The zero-order valence-electron chi connectivity index (χ0n) is 13.1. The largest absolute Gasteiger partial charge is 0.486 e. The smallest absolute Gasteiger partial charge is 0.162 e. The lowest BCUT2D eigenvalue weighted by Crippen LogP contribution is -2.19. The van der Waals surface area contributed by atoms with Crippen molar-refractivity contribution in [2.45, 2.75) is 51.5 Å². The van der Waals surface area contributed by atoms with Crippen molar-refractivity contribution in [3.8, 4) is 11.5 Å². The zero-order chi connectivity index (χ0) is 15.1. The number of unbranched alkanes of at least 4 members (excludes halogenated alkanes) is 4. The fourth-order valence-corrected chi connectivity index (χ4v) is 3.04. The third-order valence-corrected chi connectivity index (χ3v) is 4.31. The number of benzene rings is 1. The van der Waals surface area contributed by atoms with Gasteiger partial charge in [0.2, 0.25) is 0 Å². The standard InChI is InChI=1S/C17H26ClNO2/c1-3-4-5-6-7-8-15(19-2)13-11-16-17(12-14(13)18)21-10-9-20-16/h11-12,15,19H,3-10H2,1-2H3. The molecule has 0 saturated carbocycles. The molecule has 0 aliphatic carbocycles. The summed E-state index contributed by atoms with van der Waals surface area (Å²) in [6.07, 6.45) is 7.53. The van der Waals surface area contributed by atoms with E-state index in [4.69, 9.17) is 21.1 Å². The molecule has 0 fully saturated rings. The van der Waals surface area contributed by atoms with Gasteiger partial charge in [-0.2, -0.15) is 0 Å². The first kappa shape index (κ1) is 16.4. The summed E-state index contributed by atoms with van der Waals surface area (Å²) in [5, 5.41) is 4.13. The van der Waals surface area contributed by atoms with Gasteiger partial charge in [0.25, 0.3) is 0 Å². The quantitative estimate of drug-likeness (QED) is 0.704. The second-order valence-electron chi connectivity index (χ2n) is 5.56. The van der Waals surface area contributed by atoms with Gasteiger partial charge in [-0.1, -0.05) is 50.6 Å². The average Bonchev–Trinajstić information content (AvgIpc) is 2.51. The van der Waals surface area contributed by atoms with Crippen molar-refractivity contribution in [1.29, 1.82) is 0 Å². The van der Waals surface area contributed by atoms with Crippen molar-refractivity contribution >= 4 is 11.6 Å². The Bertz CT molecular complexity index is 451. The molecule has 1 aromatic rings. The number of fused-ring (bicyclic) bond motifs is 1. The Morgan fingerprint density at radius 2 is 1.76 bits per heavy atom. The fraction of sp³-hybridized carbons (Fsp3) is 0.647. The molecular formula is C17H26ClNO2. The monoisotopic (exact) mass is 311 g/mol. The number of rotatable bonds is 8. The molecule has 0 radical (unpaired) electrons. The molecule has 1 aromatic carbocycles. The van der Waals surface area contributed by atoms with Crippen molar-refractivity contribution in [3.63, 3.8) is 0 Å². The van der Waals surface area contributed by atoms with E-state index in [1.54, 1.807) is 0 Å². The number of ether oxygens (including phenoxy) is 2. The molecule has 0 saturated heterocycles. The van der Waals surface area contributed by atoms with Crippen LogP contribution in [0.1, 0.15) is 57.1 Å². The lowest BCUT2D eigenvalue weighted by molar-refractivity contribution is 0.171. The van der Waals surface area contributed by atoms with E-state index in [0.29, 0.717) is 13.2 Å². The fourth-order valence-electron chi connectivity index (χ4n) is 2.75. The Morgan fingerprint density at radius 1 is 1.10 bits per heavy atom. The Labute approximate surface area is 133 Å². The third kappa shape index (κ3) is 4.52. The highest BCUT2D eigenvalue weighted by atomic mass is 35.5. The number of nitrogens with one attached hydrogen (secondary N) is 1. The van der Waals surface area contributed by atoms with E-state index < -0.39 is 0 Å². The molecule has 3 nitrogen and oxygen atoms in total. The van der Waals surface area contributed by atoms with Gasteiger partial charge in [-0.3, -0.25) is 0 Å². The second-order valence-corrected chi connectivity index (χ2v) is 5.97. The number of halogens is 1. The van der Waals surface area contributed by atoms with Crippen molar-refractivity contribution < 1.29 is 9.47 Å². The van der Waals surface area contributed by atoms with Crippen LogP contribution in [0.25, 0.3) is 0 Å². The molecule has 0 spiro atoms. The minimum Gasteiger partial charge on any atom is -0.486 e. The maximum Gasteiger partial charge on any atom is 0.162 e. The van der Waals surface area contributed by atoms with Crippen molar-refractivity contribution in [1.82, 2.24) is 5.32 Å². The van der Waals surface area contributed by atoms with Crippen LogP contribution in [0, 0.1) is 0 Å². The van der Waals surface area contributed by atoms with Crippen LogP contribution in [0.4, 0.5) is 0 Å². The predicted octanol–water partition coefficient (Wildman–Crippen LogP) is 4.73. The van der Waals surface area contributed by atoms with Crippen LogP contribution < -0.4 is 14.8 Å². The first-order valence-electron chi connectivity index (χ1n) is 8.02. The normalized spacial score (nSPS) is 15.0. The molecule has 0 aromatic heterocycles. The first-order chi connectivity index (χ1) is 10.3. The summed E-state index contributed by atoms with van der Waals surface area (Å²) < 4.78 is 11.2.